The number of allylic oxidation sites excluding steroid dienone is 2. The number of rotatable bonds is 5. The highest BCUT2D eigenvalue weighted by Crippen LogP contribution is 2.50. The number of fused-ring (bicyclic) bond motifs is 3. The van der Waals surface area contributed by atoms with Crippen LogP contribution in [0, 0.1) is 0 Å². The number of carbonyl (C=O) groups is 1. The van der Waals surface area contributed by atoms with Crippen LogP contribution < -0.4 is 4.74 Å². The molecule has 2 aromatic carbocycles. The van der Waals surface area contributed by atoms with E-state index in [4.69, 9.17) is 9.84 Å². The maximum atomic E-state index is 13.5. The second-order valence-corrected chi connectivity index (χ2v) is 8.68. The number of hydrogen-bond donors (Lipinski definition) is 3. The van der Waals surface area contributed by atoms with Crippen LogP contribution in [0.2, 0.25) is 0 Å². The Kier molecular flexibility index (Phi) is 4.57. The molecule has 0 bridgehead atoms. The van der Waals surface area contributed by atoms with E-state index in [0.29, 0.717) is 11.3 Å². The summed E-state index contributed by atoms with van der Waals surface area (Å²) in [4.78, 5) is 20.7. The third kappa shape index (κ3) is 3.10. The fraction of sp³-hybridized carbons (Fsp3) is 0.280. The maximum absolute atomic E-state index is 13.5. The van der Waals surface area contributed by atoms with E-state index >= 15 is 0 Å². The summed E-state index contributed by atoms with van der Waals surface area (Å²) < 4.78 is 5.64. The van der Waals surface area contributed by atoms with Crippen molar-refractivity contribution in [1.82, 2.24) is 9.97 Å². The number of benzene rings is 2. The van der Waals surface area contributed by atoms with E-state index in [1.807, 2.05) is 18.2 Å². The zero-order chi connectivity index (χ0) is 21.8. The average molecular weight is 416 g/mol. The molecule has 2 aliphatic carbocycles. The lowest BCUT2D eigenvalue weighted by Crippen LogP contribution is -2.30. The Morgan fingerprint density at radius 3 is 2.74 bits per heavy atom. The molecule has 1 aromatic heterocycles. The van der Waals surface area contributed by atoms with Crippen LogP contribution in [0.5, 0.6) is 5.75 Å². The Labute approximate surface area is 180 Å². The summed E-state index contributed by atoms with van der Waals surface area (Å²) in [5.41, 5.74) is 7.36. The van der Waals surface area contributed by atoms with Gasteiger partial charge in [-0.2, -0.15) is 0 Å². The van der Waals surface area contributed by atoms with Gasteiger partial charge in [0.15, 0.2) is 5.78 Å². The molecule has 6 nitrogen and oxygen atoms in total. The molecule has 3 N–H and O–H groups in total. The first kappa shape index (κ1) is 19.7. The fourth-order valence-electron chi connectivity index (χ4n) is 4.67. The summed E-state index contributed by atoms with van der Waals surface area (Å²) in [6.45, 7) is 3.92. The molecule has 0 spiro atoms. The molecule has 31 heavy (non-hydrogen) atoms. The second kappa shape index (κ2) is 7.18. The Hall–Kier alpha value is -3.22. The van der Waals surface area contributed by atoms with Crippen molar-refractivity contribution < 1.29 is 19.7 Å². The van der Waals surface area contributed by atoms with Crippen LogP contribution in [0.4, 0.5) is 0 Å². The van der Waals surface area contributed by atoms with Crippen molar-refractivity contribution in [3.63, 3.8) is 0 Å². The third-order valence-corrected chi connectivity index (χ3v) is 6.40. The molecule has 5 rings (SSSR count). The number of ether oxygens (including phenoxy) is 1. The number of nitrogens with zero attached hydrogens (tertiary/aromatic N) is 1. The zero-order valence-electron chi connectivity index (χ0n) is 17.5. The number of ketones is 1. The Morgan fingerprint density at radius 1 is 1.19 bits per heavy atom. The monoisotopic (exact) mass is 416 g/mol. The summed E-state index contributed by atoms with van der Waals surface area (Å²) in [7, 11) is 0. The van der Waals surface area contributed by atoms with E-state index in [0.717, 1.165) is 45.5 Å². The molecule has 158 valence electrons. The smallest absolute Gasteiger partial charge is 0.193 e. The first-order valence-electron chi connectivity index (χ1n) is 10.4. The molecule has 0 saturated heterocycles. The summed E-state index contributed by atoms with van der Waals surface area (Å²) in [5.74, 6) is 0.618. The van der Waals surface area contributed by atoms with Gasteiger partial charge in [-0.3, -0.25) is 4.79 Å². The van der Waals surface area contributed by atoms with Crippen LogP contribution in [0.25, 0.3) is 16.8 Å². The van der Waals surface area contributed by atoms with E-state index in [9.17, 15) is 9.90 Å². The highest BCUT2D eigenvalue weighted by atomic mass is 16.5. The number of carbonyl (C=O) groups excluding carboxylic acids is 1. The molecule has 0 radical (unpaired) electrons. The molecule has 6 heteroatoms. The first-order valence-corrected chi connectivity index (χ1v) is 10.4. The van der Waals surface area contributed by atoms with E-state index in [-0.39, 0.29) is 24.4 Å². The predicted molar refractivity (Wildman–Crippen MR) is 117 cm³/mol. The highest BCUT2D eigenvalue weighted by Gasteiger charge is 2.43. The van der Waals surface area contributed by atoms with Crippen molar-refractivity contribution in [2.45, 2.75) is 31.8 Å². The largest absolute Gasteiger partial charge is 0.491 e. The Balaban J connectivity index is 1.52. The van der Waals surface area contributed by atoms with Crippen LogP contribution in [0.3, 0.4) is 0 Å². The van der Waals surface area contributed by atoms with Gasteiger partial charge in [-0.25, -0.2) is 4.98 Å². The Morgan fingerprint density at radius 2 is 2.00 bits per heavy atom. The predicted octanol–water partition coefficient (Wildman–Crippen LogP) is 3.29. The van der Waals surface area contributed by atoms with Crippen LogP contribution in [-0.4, -0.2) is 45.3 Å². The van der Waals surface area contributed by atoms with Gasteiger partial charge in [0.25, 0.3) is 0 Å². The lowest BCUT2D eigenvalue weighted by Gasteiger charge is -2.34. The summed E-state index contributed by atoms with van der Waals surface area (Å²) in [6, 6.07) is 11.7. The van der Waals surface area contributed by atoms with Gasteiger partial charge in [-0.05, 0) is 58.5 Å². The number of hydrogen-bond acceptors (Lipinski definition) is 5. The molecule has 1 heterocycles. The molecule has 3 aromatic rings. The molecule has 0 saturated carbocycles. The topological polar surface area (TPSA) is 95.4 Å². The number of aliphatic hydroxyl groups excluding tert-OH is 2. The lowest BCUT2D eigenvalue weighted by atomic mass is 9.68. The normalized spacial score (nSPS) is 17.2. The minimum atomic E-state index is -0.937. The van der Waals surface area contributed by atoms with Crippen LogP contribution in [0.15, 0.2) is 54.5 Å². The highest BCUT2D eigenvalue weighted by molar-refractivity contribution is 6.33. The van der Waals surface area contributed by atoms with Gasteiger partial charge in [0.2, 0.25) is 0 Å². The molecular formula is C25H24N2O4. The molecule has 2 aliphatic rings. The minimum Gasteiger partial charge on any atom is -0.491 e. The number of aromatic nitrogens is 2. The molecule has 1 atom stereocenters. The Bertz CT molecular complexity index is 1210. The SMILES string of the molecule is CC1(C)C2=C(C(=O)c3ccc(OC[C@H](O)CO)cc31)c1ccc(-c3cnc[nH]3)cc1C2. The van der Waals surface area contributed by atoms with Crippen molar-refractivity contribution in [3.8, 4) is 17.0 Å². The van der Waals surface area contributed by atoms with E-state index in [1.165, 1.54) is 0 Å². The molecule has 0 amide bonds. The zero-order valence-corrected chi connectivity index (χ0v) is 17.5. The number of aliphatic hydroxyl groups is 2. The van der Waals surface area contributed by atoms with Gasteiger partial charge in [0, 0.05) is 16.6 Å². The number of H-pyrrole nitrogens is 1. The van der Waals surface area contributed by atoms with Gasteiger partial charge in [0.05, 0.1) is 24.8 Å². The molecule has 0 unspecified atom stereocenters. The van der Waals surface area contributed by atoms with Gasteiger partial charge >= 0.3 is 0 Å². The summed E-state index contributed by atoms with van der Waals surface area (Å²) >= 11 is 0. The maximum Gasteiger partial charge on any atom is 0.193 e. The van der Waals surface area contributed by atoms with Crippen molar-refractivity contribution >= 4 is 11.4 Å². The minimum absolute atomic E-state index is 0.000568. The van der Waals surface area contributed by atoms with Crippen molar-refractivity contribution in [3.05, 3.63) is 76.7 Å². The fourth-order valence-corrected chi connectivity index (χ4v) is 4.67. The number of Topliss-reactive ketones (excluding diaryl/α,β-unsaturated/α-hetero) is 1. The van der Waals surface area contributed by atoms with Crippen LogP contribution in [-0.2, 0) is 11.8 Å². The number of imidazole rings is 1. The first-order chi connectivity index (χ1) is 14.9. The van der Waals surface area contributed by atoms with Crippen molar-refractivity contribution in [2.75, 3.05) is 13.2 Å². The molecule has 0 aliphatic heterocycles. The van der Waals surface area contributed by atoms with E-state index in [1.54, 1.807) is 24.7 Å². The summed E-state index contributed by atoms with van der Waals surface area (Å²) in [5, 5.41) is 18.6. The third-order valence-electron chi connectivity index (χ3n) is 6.40. The van der Waals surface area contributed by atoms with Gasteiger partial charge in [0.1, 0.15) is 18.5 Å². The quantitative estimate of drug-likeness (QED) is 0.593. The standard InChI is InChI=1S/C25H24N2O4/c1-25(2)20-9-17(31-12-16(29)11-28)4-6-19(20)24(30)23-18-5-3-14(22-10-26-13-27-22)7-15(18)8-21(23)25/h3-7,9-10,13,16,28-29H,8,11-12H2,1-2H3,(H,26,27)/t16-/m1/s1. The van der Waals surface area contributed by atoms with Gasteiger partial charge in [-0.1, -0.05) is 26.0 Å². The summed E-state index contributed by atoms with van der Waals surface area (Å²) in [6.07, 6.45) is 3.24. The van der Waals surface area contributed by atoms with E-state index < -0.39 is 6.10 Å². The van der Waals surface area contributed by atoms with Crippen molar-refractivity contribution in [1.29, 1.82) is 0 Å². The van der Waals surface area contributed by atoms with E-state index in [2.05, 4.69) is 29.9 Å². The molecular weight excluding hydrogens is 392 g/mol. The van der Waals surface area contributed by atoms with Crippen LogP contribution in [0.1, 0.15) is 40.9 Å². The molecule has 0 fully saturated rings. The van der Waals surface area contributed by atoms with Gasteiger partial charge in [-0.15, -0.1) is 0 Å². The van der Waals surface area contributed by atoms with Crippen LogP contribution >= 0.6 is 0 Å². The average Bonchev–Trinajstić information content (AvgIpc) is 3.44. The van der Waals surface area contributed by atoms with Gasteiger partial charge < -0.3 is 19.9 Å². The number of aromatic amines is 1. The number of nitrogens with one attached hydrogen (secondary N) is 1. The van der Waals surface area contributed by atoms with Crippen molar-refractivity contribution in [2.24, 2.45) is 0 Å². The lowest BCUT2D eigenvalue weighted by molar-refractivity contribution is 0.0535. The second-order valence-electron chi connectivity index (χ2n) is 8.68.